The normalized spacial score (nSPS) is 14.9. The summed E-state index contributed by atoms with van der Waals surface area (Å²) in [5.41, 5.74) is 4.47. The number of alkyl halides is 3. The fraction of sp³-hybridized carbons (Fsp3) is 0.415. The maximum Gasteiger partial charge on any atom is 0.490 e. The number of carbonyl (C=O) groups excluding carboxylic acids is 3. The number of benzene rings is 3. The third-order valence-corrected chi connectivity index (χ3v) is 9.77. The number of fused-ring (bicyclic) bond motifs is 1. The molecule has 0 aliphatic carbocycles. The lowest BCUT2D eigenvalue weighted by molar-refractivity contribution is -0.206. The lowest BCUT2D eigenvalue weighted by atomic mass is 10.0. The highest BCUT2D eigenvalue weighted by atomic mass is 19.4. The zero-order valence-electron chi connectivity index (χ0n) is 31.2. The molecule has 6 N–H and O–H groups in total. The molecule has 0 radical (unpaired) electrons. The number of phenols is 1. The van der Waals surface area contributed by atoms with E-state index in [1.165, 1.54) is 12.1 Å². The number of aromatic hydroxyl groups is 1. The number of likely N-dealkylation sites (tertiary alicyclic amines) is 1. The number of carbonyl (C=O) groups is 3. The number of aliphatic hydroxyl groups excluding tert-OH is 1. The number of rotatable bonds is 17. The van der Waals surface area contributed by atoms with Crippen LogP contribution in [-0.2, 0) is 44.9 Å². The molecule has 1 aliphatic rings. The summed E-state index contributed by atoms with van der Waals surface area (Å²) in [5, 5.41) is 30.8. The minimum Gasteiger partial charge on any atom is -0.506 e. The van der Waals surface area contributed by atoms with E-state index in [1.807, 2.05) is 54.3 Å². The molecule has 2 amide bonds. The van der Waals surface area contributed by atoms with E-state index in [9.17, 15) is 42.6 Å². The number of nitrogens with zero attached hydrogens (tertiary/aromatic N) is 1. The van der Waals surface area contributed by atoms with Crippen molar-refractivity contribution in [3.05, 3.63) is 111 Å². The number of pyridine rings is 1. The van der Waals surface area contributed by atoms with E-state index in [0.29, 0.717) is 55.6 Å². The predicted molar refractivity (Wildman–Crippen MR) is 204 cm³/mol. The van der Waals surface area contributed by atoms with E-state index < -0.39 is 24.4 Å². The van der Waals surface area contributed by atoms with Crippen LogP contribution in [0.4, 0.5) is 13.2 Å². The number of aromatic nitrogens is 1. The van der Waals surface area contributed by atoms with E-state index >= 15 is 0 Å². The monoisotopic (exact) mass is 779 g/mol. The molecule has 1 fully saturated rings. The van der Waals surface area contributed by atoms with Gasteiger partial charge in [0.1, 0.15) is 11.9 Å². The molecule has 2 atom stereocenters. The summed E-state index contributed by atoms with van der Waals surface area (Å²) in [7, 11) is 0. The number of hydrogen-bond acceptors (Lipinski definition) is 9. The molecule has 300 valence electrons. The largest absolute Gasteiger partial charge is 0.506 e. The average Bonchev–Trinajstić information content (AvgIpc) is 3.16. The minimum atomic E-state index is -5.00. The van der Waals surface area contributed by atoms with Gasteiger partial charge in [-0.3, -0.25) is 14.4 Å². The van der Waals surface area contributed by atoms with Gasteiger partial charge in [-0.1, -0.05) is 54.6 Å². The molecule has 5 rings (SSSR count). The second-order valence-electron chi connectivity index (χ2n) is 14.2. The van der Waals surface area contributed by atoms with Crippen molar-refractivity contribution in [1.29, 1.82) is 0 Å². The third kappa shape index (κ3) is 12.6. The molecule has 56 heavy (non-hydrogen) atoms. The third-order valence-electron chi connectivity index (χ3n) is 9.77. The van der Waals surface area contributed by atoms with Crippen molar-refractivity contribution < 1.29 is 42.5 Å². The highest BCUT2D eigenvalue weighted by Gasteiger charge is 2.42. The minimum absolute atomic E-state index is 0.0436. The summed E-state index contributed by atoms with van der Waals surface area (Å²) >= 11 is 0. The maximum absolute atomic E-state index is 12.7. The van der Waals surface area contributed by atoms with E-state index in [0.717, 1.165) is 28.7 Å². The van der Waals surface area contributed by atoms with Crippen LogP contribution < -0.4 is 21.5 Å². The van der Waals surface area contributed by atoms with Crippen LogP contribution in [0.5, 0.6) is 5.75 Å². The predicted octanol–water partition coefficient (Wildman–Crippen LogP) is 3.97. The van der Waals surface area contributed by atoms with Crippen LogP contribution in [0.2, 0.25) is 0 Å². The average molecular weight is 780 g/mol. The molecule has 0 bridgehead atoms. The van der Waals surface area contributed by atoms with E-state index in [-0.39, 0.29) is 61.4 Å². The first-order chi connectivity index (χ1) is 26.7. The fourth-order valence-electron chi connectivity index (χ4n) is 6.70. The molecule has 12 nitrogen and oxygen atoms in total. The van der Waals surface area contributed by atoms with Crippen molar-refractivity contribution in [3.8, 4) is 5.75 Å². The van der Waals surface area contributed by atoms with Gasteiger partial charge in [-0.05, 0) is 72.6 Å². The first kappa shape index (κ1) is 41.9. The maximum atomic E-state index is 12.7. The Hall–Kier alpha value is -5.25. The van der Waals surface area contributed by atoms with Crippen molar-refractivity contribution in [1.82, 2.24) is 25.8 Å². The molecule has 1 aromatic heterocycles. The standard InChI is InChI=1S/C41H48F3N5O7/c1-26(46-25-35(51)32-9-11-34(50)39-33(32)10-12-37(53)48-39)21-30-4-2-3-27(22-30)13-17-45-38(54)23-28-5-7-29(8-6-28)24-47-36(52)16-20-49-18-14-31(15-19-49)56-40(55)41(42,43)44/h2-12,22,26,31,35,46,50-51H,13-21,23-25H2,1H3,(H,45,54)(H,47,52)(H,48,53)/t26-,35+/m1/s1. The van der Waals surface area contributed by atoms with Crippen LogP contribution in [0, 0.1) is 0 Å². The van der Waals surface area contributed by atoms with Gasteiger partial charge in [0, 0.05) is 63.2 Å². The Kier molecular flexibility index (Phi) is 14.6. The van der Waals surface area contributed by atoms with Gasteiger partial charge >= 0.3 is 12.1 Å². The second-order valence-corrected chi connectivity index (χ2v) is 14.2. The Morgan fingerprint density at radius 3 is 2.38 bits per heavy atom. The number of aromatic amines is 1. The van der Waals surface area contributed by atoms with Gasteiger partial charge in [0.2, 0.25) is 17.4 Å². The molecule has 0 unspecified atom stereocenters. The number of amides is 2. The van der Waals surface area contributed by atoms with Gasteiger partial charge in [0.25, 0.3) is 0 Å². The van der Waals surface area contributed by atoms with Gasteiger partial charge in [-0.2, -0.15) is 13.2 Å². The smallest absolute Gasteiger partial charge is 0.490 e. The van der Waals surface area contributed by atoms with Crippen molar-refractivity contribution in [3.63, 3.8) is 0 Å². The van der Waals surface area contributed by atoms with Crippen molar-refractivity contribution in [2.75, 3.05) is 32.7 Å². The van der Waals surface area contributed by atoms with E-state index in [2.05, 4.69) is 31.7 Å². The van der Waals surface area contributed by atoms with Gasteiger partial charge in [-0.15, -0.1) is 0 Å². The van der Waals surface area contributed by atoms with Crippen LogP contribution in [0.1, 0.15) is 60.1 Å². The van der Waals surface area contributed by atoms with Crippen molar-refractivity contribution >= 4 is 28.7 Å². The van der Waals surface area contributed by atoms with Crippen LogP contribution in [-0.4, -0.2) is 88.9 Å². The van der Waals surface area contributed by atoms with Crippen LogP contribution >= 0.6 is 0 Å². The Morgan fingerprint density at radius 1 is 0.929 bits per heavy atom. The van der Waals surface area contributed by atoms with Crippen LogP contribution in [0.15, 0.2) is 77.6 Å². The first-order valence-corrected chi connectivity index (χ1v) is 18.7. The summed E-state index contributed by atoms with van der Waals surface area (Å²) in [6, 6.07) is 21.7. The summed E-state index contributed by atoms with van der Waals surface area (Å²) in [6.07, 6.45) is -4.25. The Balaban J connectivity index is 0.958. The Bertz CT molecular complexity index is 2010. The molecule has 1 aliphatic heterocycles. The van der Waals surface area contributed by atoms with Gasteiger partial charge < -0.3 is 40.8 Å². The Labute approximate surface area is 322 Å². The summed E-state index contributed by atoms with van der Waals surface area (Å²) in [4.78, 5) is 52.4. The topological polar surface area (TPSA) is 173 Å². The number of esters is 1. The van der Waals surface area contributed by atoms with Crippen LogP contribution in [0.3, 0.4) is 0 Å². The lowest BCUT2D eigenvalue weighted by Gasteiger charge is -2.31. The number of aliphatic hydroxyl groups is 1. The molecule has 3 aromatic carbocycles. The fourth-order valence-corrected chi connectivity index (χ4v) is 6.70. The quantitative estimate of drug-likeness (QED) is 0.0868. The first-order valence-electron chi connectivity index (χ1n) is 18.7. The molecular formula is C41H48F3N5O7. The molecule has 0 spiro atoms. The number of phenolic OH excluding ortho intramolecular Hbond substituents is 1. The highest BCUT2D eigenvalue weighted by molar-refractivity contribution is 5.87. The molecule has 4 aromatic rings. The number of H-pyrrole nitrogens is 1. The van der Waals surface area contributed by atoms with Crippen LogP contribution in [0.25, 0.3) is 10.9 Å². The summed E-state index contributed by atoms with van der Waals surface area (Å²) < 4.78 is 41.7. The van der Waals surface area contributed by atoms with Crippen molar-refractivity contribution in [2.45, 2.75) is 76.4 Å². The number of piperidine rings is 1. The zero-order chi connectivity index (χ0) is 40.2. The number of ether oxygens (including phenoxy) is 1. The molecule has 1 saturated heterocycles. The SMILES string of the molecule is C[C@H](Cc1cccc(CCNC(=O)Cc2ccc(CNC(=O)CCN3CCC(OC(=O)C(F)(F)F)CC3)cc2)c1)NC[C@H](O)c1ccc(O)c2[nH]c(=O)ccc12. The van der Waals surface area contributed by atoms with Gasteiger partial charge in [0.15, 0.2) is 0 Å². The summed E-state index contributed by atoms with van der Waals surface area (Å²) in [5.74, 6) is -2.49. The second kappa shape index (κ2) is 19.6. The van der Waals surface area contributed by atoms with Crippen molar-refractivity contribution in [2.24, 2.45) is 0 Å². The molecule has 0 saturated carbocycles. The van der Waals surface area contributed by atoms with Gasteiger partial charge in [-0.25, -0.2) is 4.79 Å². The van der Waals surface area contributed by atoms with E-state index in [1.54, 1.807) is 12.1 Å². The molecular weight excluding hydrogens is 731 g/mol. The Morgan fingerprint density at radius 2 is 1.64 bits per heavy atom. The molecule has 15 heteroatoms. The summed E-state index contributed by atoms with van der Waals surface area (Å²) in [6.45, 7) is 4.42. The molecule has 2 heterocycles. The number of nitrogens with one attached hydrogen (secondary N) is 4. The number of halogens is 3. The van der Waals surface area contributed by atoms with E-state index in [4.69, 9.17) is 0 Å². The number of hydrogen-bond donors (Lipinski definition) is 6. The zero-order valence-corrected chi connectivity index (χ0v) is 31.2. The highest BCUT2D eigenvalue weighted by Crippen LogP contribution is 2.28. The van der Waals surface area contributed by atoms with Gasteiger partial charge in [0.05, 0.1) is 18.0 Å². The lowest BCUT2D eigenvalue weighted by Crippen LogP contribution is -2.41.